The molecule has 0 bridgehead atoms. The van der Waals surface area contributed by atoms with Crippen LogP contribution in [0.3, 0.4) is 0 Å². The molecule has 1 amide bonds. The summed E-state index contributed by atoms with van der Waals surface area (Å²) in [6, 6.07) is 12.5. The number of sulfonamides is 1. The first-order valence-electron chi connectivity index (χ1n) is 10.4. The monoisotopic (exact) mass is 475 g/mol. The van der Waals surface area contributed by atoms with E-state index in [0.717, 1.165) is 15.2 Å². The molecule has 3 aromatic rings. The van der Waals surface area contributed by atoms with E-state index < -0.39 is 10.0 Å². The Balaban J connectivity index is 1.40. The number of methoxy groups -OCH3 is 1. The minimum absolute atomic E-state index is 0.116. The predicted octanol–water partition coefficient (Wildman–Crippen LogP) is 3.29. The van der Waals surface area contributed by atoms with Crippen LogP contribution in [-0.2, 0) is 26.0 Å². The van der Waals surface area contributed by atoms with Gasteiger partial charge in [0.2, 0.25) is 15.9 Å². The summed E-state index contributed by atoms with van der Waals surface area (Å²) in [6.07, 6.45) is 1.63. The highest BCUT2D eigenvalue weighted by molar-refractivity contribution is 7.89. The summed E-state index contributed by atoms with van der Waals surface area (Å²) < 4.78 is 39.0. The zero-order valence-corrected chi connectivity index (χ0v) is 19.4. The lowest BCUT2D eigenvalue weighted by molar-refractivity contribution is -0.116. The number of amides is 1. The zero-order valence-electron chi connectivity index (χ0n) is 17.7. The van der Waals surface area contributed by atoms with Crippen molar-refractivity contribution < 1.29 is 22.7 Å². The van der Waals surface area contributed by atoms with Gasteiger partial charge in [-0.15, -0.1) is 11.3 Å². The zero-order chi connectivity index (χ0) is 22.6. The average molecular weight is 476 g/mol. The van der Waals surface area contributed by atoms with Crippen molar-refractivity contribution in [3.05, 3.63) is 47.5 Å². The number of ether oxygens (including phenoxy) is 2. The van der Waals surface area contributed by atoms with Crippen LogP contribution in [0.15, 0.2) is 47.4 Å². The van der Waals surface area contributed by atoms with Crippen LogP contribution >= 0.6 is 11.3 Å². The number of thiazole rings is 1. The van der Waals surface area contributed by atoms with Gasteiger partial charge in [-0.05, 0) is 43.2 Å². The molecule has 0 aliphatic carbocycles. The van der Waals surface area contributed by atoms with Crippen LogP contribution in [0.5, 0.6) is 5.75 Å². The second kappa shape index (κ2) is 9.95. The molecule has 8 nitrogen and oxygen atoms in total. The lowest BCUT2D eigenvalue weighted by Crippen LogP contribution is -2.40. The summed E-state index contributed by atoms with van der Waals surface area (Å²) in [5.41, 5.74) is 1.31. The molecule has 0 atom stereocenters. The topological polar surface area (TPSA) is 97.8 Å². The van der Waals surface area contributed by atoms with Crippen molar-refractivity contribution in [3.8, 4) is 5.75 Å². The highest BCUT2D eigenvalue weighted by Gasteiger charge is 2.27. The molecule has 0 saturated carbocycles. The largest absolute Gasteiger partial charge is 0.495 e. The first-order chi connectivity index (χ1) is 15.5. The molecule has 0 unspecified atom stereocenters. The van der Waals surface area contributed by atoms with Crippen molar-refractivity contribution in [3.63, 3.8) is 0 Å². The Morgan fingerprint density at radius 1 is 1.22 bits per heavy atom. The van der Waals surface area contributed by atoms with Gasteiger partial charge in [-0.2, -0.15) is 4.31 Å². The number of hydrogen-bond acceptors (Lipinski definition) is 7. The van der Waals surface area contributed by atoms with Crippen molar-refractivity contribution >= 4 is 43.2 Å². The van der Waals surface area contributed by atoms with Gasteiger partial charge in [0.05, 0.1) is 46.1 Å². The van der Waals surface area contributed by atoms with E-state index in [2.05, 4.69) is 10.3 Å². The average Bonchev–Trinajstić information content (AvgIpc) is 3.22. The summed E-state index contributed by atoms with van der Waals surface area (Å²) in [5.74, 6) is 0.204. The lowest BCUT2D eigenvalue weighted by atomic mass is 10.2. The SMILES string of the molecule is COc1ccc(S(=O)(=O)N2CCOCC2)cc1NC(=O)CCCc1nc2ccccc2s1. The minimum Gasteiger partial charge on any atom is -0.495 e. The van der Waals surface area contributed by atoms with E-state index in [1.807, 2.05) is 24.3 Å². The molecule has 0 radical (unpaired) electrons. The fraction of sp³-hybridized carbons (Fsp3) is 0.364. The summed E-state index contributed by atoms with van der Waals surface area (Å²) >= 11 is 1.63. The van der Waals surface area contributed by atoms with Gasteiger partial charge in [-0.25, -0.2) is 13.4 Å². The molecule has 1 aliphatic rings. The van der Waals surface area contributed by atoms with Gasteiger partial charge in [0.15, 0.2) is 0 Å². The molecule has 0 spiro atoms. The summed E-state index contributed by atoms with van der Waals surface area (Å²) in [4.78, 5) is 17.3. The number of anilines is 1. The van der Waals surface area contributed by atoms with Crippen LogP contribution in [0.25, 0.3) is 10.2 Å². The van der Waals surface area contributed by atoms with Crippen LogP contribution in [0.1, 0.15) is 17.8 Å². The molecule has 2 heterocycles. The third kappa shape index (κ3) is 5.09. The lowest BCUT2D eigenvalue weighted by Gasteiger charge is -2.26. The van der Waals surface area contributed by atoms with Crippen molar-refractivity contribution in [1.29, 1.82) is 0 Å². The Kier molecular flexibility index (Phi) is 7.04. The van der Waals surface area contributed by atoms with Crippen molar-refractivity contribution in [2.45, 2.75) is 24.2 Å². The van der Waals surface area contributed by atoms with E-state index >= 15 is 0 Å². The van der Waals surface area contributed by atoms with Crippen LogP contribution < -0.4 is 10.1 Å². The Morgan fingerprint density at radius 2 is 2.00 bits per heavy atom. The third-order valence-corrected chi connectivity index (χ3v) is 8.18. The van der Waals surface area contributed by atoms with E-state index in [1.165, 1.54) is 23.5 Å². The van der Waals surface area contributed by atoms with Crippen molar-refractivity contribution in [2.24, 2.45) is 0 Å². The second-order valence-corrected chi connectivity index (χ2v) is 10.4. The predicted molar refractivity (Wildman–Crippen MR) is 124 cm³/mol. The molecule has 32 heavy (non-hydrogen) atoms. The smallest absolute Gasteiger partial charge is 0.243 e. The molecule has 2 aromatic carbocycles. The number of hydrogen-bond donors (Lipinski definition) is 1. The van der Waals surface area contributed by atoms with Gasteiger partial charge in [0.25, 0.3) is 0 Å². The fourth-order valence-electron chi connectivity index (χ4n) is 3.52. The van der Waals surface area contributed by atoms with E-state index in [1.54, 1.807) is 17.4 Å². The number of nitrogens with zero attached hydrogens (tertiary/aromatic N) is 2. The van der Waals surface area contributed by atoms with Crippen LogP contribution in [0.4, 0.5) is 5.69 Å². The number of rotatable bonds is 8. The van der Waals surface area contributed by atoms with E-state index in [-0.39, 0.29) is 10.8 Å². The maximum Gasteiger partial charge on any atom is 0.243 e. The van der Waals surface area contributed by atoms with Gasteiger partial charge in [0, 0.05) is 19.5 Å². The first-order valence-corrected chi connectivity index (χ1v) is 12.6. The van der Waals surface area contributed by atoms with E-state index in [4.69, 9.17) is 9.47 Å². The quantitative estimate of drug-likeness (QED) is 0.537. The number of carbonyl (C=O) groups excluding carboxylic acids is 1. The molecule has 170 valence electrons. The molecule has 1 fully saturated rings. The standard InChI is InChI=1S/C22H25N3O5S2/c1-29-19-10-9-16(32(27,28)25-11-13-30-14-12-25)15-18(19)23-21(26)7-4-8-22-24-17-5-2-3-6-20(17)31-22/h2-3,5-6,9-10,15H,4,7-8,11-14H2,1H3,(H,23,26). The van der Waals surface area contributed by atoms with Crippen molar-refractivity contribution in [1.82, 2.24) is 9.29 Å². The molecule has 1 N–H and O–H groups in total. The number of morpholine rings is 1. The number of para-hydroxylation sites is 1. The highest BCUT2D eigenvalue weighted by Crippen LogP contribution is 2.29. The van der Waals surface area contributed by atoms with Crippen molar-refractivity contribution in [2.75, 3.05) is 38.7 Å². The maximum absolute atomic E-state index is 12.9. The van der Waals surface area contributed by atoms with Crippen LogP contribution in [0.2, 0.25) is 0 Å². The number of nitrogens with one attached hydrogen (secondary N) is 1. The van der Waals surface area contributed by atoms with Crippen LogP contribution in [0, 0.1) is 0 Å². The minimum atomic E-state index is -3.67. The Morgan fingerprint density at radius 3 is 2.75 bits per heavy atom. The molecule has 1 aliphatic heterocycles. The number of carbonyl (C=O) groups is 1. The molecular weight excluding hydrogens is 450 g/mol. The summed E-state index contributed by atoms with van der Waals surface area (Å²) in [5, 5.41) is 3.80. The molecule has 1 saturated heterocycles. The number of benzene rings is 2. The normalized spacial score (nSPS) is 15.0. The van der Waals surface area contributed by atoms with Gasteiger partial charge < -0.3 is 14.8 Å². The highest BCUT2D eigenvalue weighted by atomic mass is 32.2. The fourth-order valence-corrected chi connectivity index (χ4v) is 5.96. The molecule has 4 rings (SSSR count). The van der Waals surface area contributed by atoms with E-state index in [0.29, 0.717) is 57.0 Å². The second-order valence-electron chi connectivity index (χ2n) is 7.36. The van der Waals surface area contributed by atoms with Crippen LogP contribution in [-0.4, -0.2) is 57.0 Å². The number of aromatic nitrogens is 1. The Bertz CT molecular complexity index is 1170. The summed E-state index contributed by atoms with van der Waals surface area (Å²) in [7, 11) is -2.19. The van der Waals surface area contributed by atoms with E-state index in [9.17, 15) is 13.2 Å². The van der Waals surface area contributed by atoms with Gasteiger partial charge in [-0.1, -0.05) is 12.1 Å². The first kappa shape index (κ1) is 22.7. The van der Waals surface area contributed by atoms with Gasteiger partial charge >= 0.3 is 0 Å². The molecular formula is C22H25N3O5S2. The van der Waals surface area contributed by atoms with Gasteiger partial charge in [-0.3, -0.25) is 4.79 Å². The number of aryl methyl sites for hydroxylation is 1. The molecule has 10 heteroatoms. The summed E-state index contributed by atoms with van der Waals surface area (Å²) in [6.45, 7) is 1.35. The number of fused-ring (bicyclic) bond motifs is 1. The third-order valence-electron chi connectivity index (χ3n) is 5.19. The Hall–Kier alpha value is -2.53. The Labute approximate surface area is 191 Å². The van der Waals surface area contributed by atoms with Gasteiger partial charge in [0.1, 0.15) is 5.75 Å². The molecule has 1 aromatic heterocycles. The maximum atomic E-state index is 12.9.